The van der Waals surface area contributed by atoms with Gasteiger partial charge in [0, 0.05) is 23.1 Å². The molecular weight excluding hydrogens is 316 g/mol. The first-order valence-corrected chi connectivity index (χ1v) is 10.1. The zero-order valence-electron chi connectivity index (χ0n) is 15.9. The summed E-state index contributed by atoms with van der Waals surface area (Å²) in [5.41, 5.74) is 5.66. The van der Waals surface area contributed by atoms with Gasteiger partial charge in [0.1, 0.15) is 0 Å². The Labute approximate surface area is 157 Å². The van der Waals surface area contributed by atoms with Gasteiger partial charge in [0.05, 0.1) is 0 Å². The molecule has 1 aliphatic rings. The molecule has 0 amide bonds. The number of likely N-dealkylation sites (tertiary alicyclic amines) is 1. The molecule has 4 rings (SSSR count). The van der Waals surface area contributed by atoms with E-state index in [4.69, 9.17) is 0 Å². The van der Waals surface area contributed by atoms with Gasteiger partial charge in [-0.15, -0.1) is 0 Å². The van der Waals surface area contributed by atoms with Crippen LogP contribution in [-0.2, 0) is 6.42 Å². The normalized spacial score (nSPS) is 18.4. The number of nitrogens with zero attached hydrogens (tertiary/aromatic N) is 1. The van der Waals surface area contributed by atoms with E-state index in [-0.39, 0.29) is 0 Å². The number of para-hydroxylation sites is 1. The van der Waals surface area contributed by atoms with E-state index < -0.39 is 0 Å². The Balaban J connectivity index is 1.29. The first-order chi connectivity index (χ1) is 12.8. The standard InChI is InChI=1S/C24H30N2/c1-19-22(23-14-5-6-15-24(23)25-19)13-7-8-16-26-17-9-12-21(18-26)20-10-3-2-4-11-20/h2-6,10-11,14-15,21,25H,7-9,12-13,16-18H2,1H3. The lowest BCUT2D eigenvalue weighted by Gasteiger charge is -2.33. The molecule has 0 saturated carbocycles. The SMILES string of the molecule is Cc1[nH]c2ccccc2c1CCCCN1CCCC(c2ccccc2)C1. The highest BCUT2D eigenvalue weighted by molar-refractivity contribution is 5.84. The van der Waals surface area contributed by atoms with E-state index in [9.17, 15) is 0 Å². The second-order valence-electron chi connectivity index (χ2n) is 7.78. The van der Waals surface area contributed by atoms with Crippen LogP contribution >= 0.6 is 0 Å². The maximum Gasteiger partial charge on any atom is 0.0458 e. The topological polar surface area (TPSA) is 19.0 Å². The molecule has 3 aromatic rings. The monoisotopic (exact) mass is 346 g/mol. The second-order valence-corrected chi connectivity index (χ2v) is 7.78. The third-order valence-corrected chi connectivity index (χ3v) is 5.95. The lowest BCUT2D eigenvalue weighted by molar-refractivity contribution is 0.204. The molecular formula is C24H30N2. The number of unbranched alkanes of at least 4 members (excludes halogenated alkanes) is 1. The Kier molecular flexibility index (Phi) is 5.40. The smallest absolute Gasteiger partial charge is 0.0458 e. The summed E-state index contributed by atoms with van der Waals surface area (Å²) in [6.07, 6.45) is 6.43. The van der Waals surface area contributed by atoms with Crippen molar-refractivity contribution < 1.29 is 0 Å². The molecule has 0 bridgehead atoms. The van der Waals surface area contributed by atoms with Gasteiger partial charge < -0.3 is 9.88 Å². The van der Waals surface area contributed by atoms with Crippen molar-refractivity contribution in [2.75, 3.05) is 19.6 Å². The van der Waals surface area contributed by atoms with Crippen LogP contribution in [0.4, 0.5) is 0 Å². The summed E-state index contributed by atoms with van der Waals surface area (Å²) in [5, 5.41) is 1.41. The van der Waals surface area contributed by atoms with Crippen molar-refractivity contribution in [3.63, 3.8) is 0 Å². The van der Waals surface area contributed by atoms with Gasteiger partial charge in [-0.25, -0.2) is 0 Å². The van der Waals surface area contributed by atoms with Crippen molar-refractivity contribution in [3.05, 3.63) is 71.4 Å². The van der Waals surface area contributed by atoms with E-state index >= 15 is 0 Å². The fourth-order valence-corrected chi connectivity index (χ4v) is 4.55. The van der Waals surface area contributed by atoms with Crippen LogP contribution in [-0.4, -0.2) is 29.5 Å². The van der Waals surface area contributed by atoms with Crippen LogP contribution in [0.1, 0.15) is 48.4 Å². The van der Waals surface area contributed by atoms with Crippen molar-refractivity contribution in [2.24, 2.45) is 0 Å². The Morgan fingerprint density at radius 2 is 1.81 bits per heavy atom. The quantitative estimate of drug-likeness (QED) is 0.569. The highest BCUT2D eigenvalue weighted by Gasteiger charge is 2.20. The number of H-pyrrole nitrogens is 1. The fraction of sp³-hybridized carbons (Fsp3) is 0.417. The van der Waals surface area contributed by atoms with Crippen LogP contribution in [0.3, 0.4) is 0 Å². The Hall–Kier alpha value is -2.06. The zero-order valence-corrected chi connectivity index (χ0v) is 15.9. The molecule has 136 valence electrons. The van der Waals surface area contributed by atoms with Gasteiger partial charge in [0.25, 0.3) is 0 Å². The number of rotatable bonds is 6. The molecule has 26 heavy (non-hydrogen) atoms. The summed E-state index contributed by atoms with van der Waals surface area (Å²) in [7, 11) is 0. The molecule has 1 saturated heterocycles. The molecule has 2 heteroatoms. The van der Waals surface area contributed by atoms with E-state index in [1.807, 2.05) is 0 Å². The number of piperidine rings is 1. The summed E-state index contributed by atoms with van der Waals surface area (Å²) >= 11 is 0. The van der Waals surface area contributed by atoms with E-state index in [1.54, 1.807) is 0 Å². The third-order valence-electron chi connectivity index (χ3n) is 5.95. The van der Waals surface area contributed by atoms with Gasteiger partial charge >= 0.3 is 0 Å². The number of hydrogen-bond donors (Lipinski definition) is 1. The summed E-state index contributed by atoms with van der Waals surface area (Å²) < 4.78 is 0. The predicted octanol–water partition coefficient (Wildman–Crippen LogP) is 5.68. The first-order valence-electron chi connectivity index (χ1n) is 10.1. The van der Waals surface area contributed by atoms with E-state index in [2.05, 4.69) is 71.4 Å². The van der Waals surface area contributed by atoms with Crippen LogP contribution < -0.4 is 0 Å². The molecule has 2 heterocycles. The average molecular weight is 347 g/mol. The summed E-state index contributed by atoms with van der Waals surface area (Å²) in [6.45, 7) is 5.96. The van der Waals surface area contributed by atoms with Crippen LogP contribution in [0.15, 0.2) is 54.6 Å². The van der Waals surface area contributed by atoms with Gasteiger partial charge in [-0.2, -0.15) is 0 Å². The van der Waals surface area contributed by atoms with Crippen molar-refractivity contribution in [1.29, 1.82) is 0 Å². The molecule has 1 unspecified atom stereocenters. The lowest BCUT2D eigenvalue weighted by Crippen LogP contribution is -2.35. The molecule has 1 fully saturated rings. The van der Waals surface area contributed by atoms with Crippen LogP contribution in [0, 0.1) is 6.92 Å². The number of aromatic amines is 1. The zero-order chi connectivity index (χ0) is 17.8. The number of aromatic nitrogens is 1. The maximum absolute atomic E-state index is 3.53. The number of fused-ring (bicyclic) bond motifs is 1. The van der Waals surface area contributed by atoms with Crippen LogP contribution in [0.5, 0.6) is 0 Å². The van der Waals surface area contributed by atoms with E-state index in [1.165, 1.54) is 79.5 Å². The number of nitrogens with one attached hydrogen (secondary N) is 1. The highest BCUT2D eigenvalue weighted by Crippen LogP contribution is 2.27. The predicted molar refractivity (Wildman–Crippen MR) is 111 cm³/mol. The van der Waals surface area contributed by atoms with Gasteiger partial charge in [-0.3, -0.25) is 0 Å². The van der Waals surface area contributed by atoms with Crippen molar-refractivity contribution >= 4 is 10.9 Å². The molecule has 0 spiro atoms. The van der Waals surface area contributed by atoms with Crippen molar-refractivity contribution in [3.8, 4) is 0 Å². The van der Waals surface area contributed by atoms with Crippen molar-refractivity contribution in [1.82, 2.24) is 9.88 Å². The Morgan fingerprint density at radius 3 is 2.69 bits per heavy atom. The fourth-order valence-electron chi connectivity index (χ4n) is 4.55. The van der Waals surface area contributed by atoms with E-state index in [0.29, 0.717) is 0 Å². The molecule has 2 aromatic carbocycles. The van der Waals surface area contributed by atoms with Gasteiger partial charge in [-0.1, -0.05) is 48.5 Å². The number of hydrogen-bond acceptors (Lipinski definition) is 1. The molecule has 1 aromatic heterocycles. The third kappa shape index (κ3) is 3.86. The minimum Gasteiger partial charge on any atom is -0.358 e. The number of aryl methyl sites for hydroxylation is 2. The largest absolute Gasteiger partial charge is 0.358 e. The van der Waals surface area contributed by atoms with Gasteiger partial charge in [0.2, 0.25) is 0 Å². The Morgan fingerprint density at radius 1 is 1.00 bits per heavy atom. The summed E-state index contributed by atoms with van der Waals surface area (Å²) in [5.74, 6) is 0.723. The number of benzene rings is 2. The molecule has 2 nitrogen and oxygen atoms in total. The maximum atomic E-state index is 3.53. The molecule has 0 radical (unpaired) electrons. The molecule has 1 atom stereocenters. The molecule has 1 aliphatic heterocycles. The molecule has 0 aliphatic carbocycles. The van der Waals surface area contributed by atoms with Gasteiger partial charge in [0.15, 0.2) is 0 Å². The average Bonchev–Trinajstić information content (AvgIpc) is 3.01. The van der Waals surface area contributed by atoms with Crippen molar-refractivity contribution in [2.45, 2.75) is 44.9 Å². The summed E-state index contributed by atoms with van der Waals surface area (Å²) in [6, 6.07) is 19.8. The van der Waals surface area contributed by atoms with Gasteiger partial charge in [-0.05, 0) is 75.2 Å². The van der Waals surface area contributed by atoms with E-state index in [0.717, 1.165) is 5.92 Å². The van der Waals surface area contributed by atoms with Crippen LogP contribution in [0.25, 0.3) is 10.9 Å². The highest BCUT2D eigenvalue weighted by atomic mass is 15.1. The lowest BCUT2D eigenvalue weighted by atomic mass is 9.90. The molecule has 1 N–H and O–H groups in total. The Bertz CT molecular complexity index is 834. The summed E-state index contributed by atoms with van der Waals surface area (Å²) in [4.78, 5) is 6.21. The first kappa shape index (κ1) is 17.4. The minimum absolute atomic E-state index is 0.723. The van der Waals surface area contributed by atoms with Crippen LogP contribution in [0.2, 0.25) is 0 Å². The minimum atomic E-state index is 0.723. The second kappa shape index (κ2) is 8.09.